The van der Waals surface area contributed by atoms with Crippen LogP contribution < -0.4 is 4.74 Å². The maximum Gasteiger partial charge on any atom is 0.166 e. The summed E-state index contributed by atoms with van der Waals surface area (Å²) >= 11 is 11.7. The summed E-state index contributed by atoms with van der Waals surface area (Å²) in [6.45, 7) is 0. The van der Waals surface area contributed by atoms with Gasteiger partial charge in [0.25, 0.3) is 0 Å². The zero-order chi connectivity index (χ0) is 10.8. The Bertz CT molecular complexity index is 465. The topological polar surface area (TPSA) is 27.1 Å². The zero-order valence-corrected chi connectivity index (χ0v) is 9.46. The van der Waals surface area contributed by atoms with E-state index >= 15 is 0 Å². The van der Waals surface area contributed by atoms with Gasteiger partial charge in [-0.05, 0) is 24.3 Å². The van der Waals surface area contributed by atoms with Gasteiger partial charge in [-0.2, -0.15) is 0 Å². The second kappa shape index (κ2) is 4.13. The first kappa shape index (κ1) is 10.3. The monoisotopic (exact) mass is 242 g/mol. The van der Waals surface area contributed by atoms with Gasteiger partial charge >= 0.3 is 0 Å². The minimum absolute atomic E-state index is 0.299. The quantitative estimate of drug-likeness (QED) is 0.809. The van der Waals surface area contributed by atoms with Gasteiger partial charge in [-0.1, -0.05) is 23.2 Å². The van der Waals surface area contributed by atoms with Crippen molar-refractivity contribution < 1.29 is 4.74 Å². The summed E-state index contributed by atoms with van der Waals surface area (Å²) in [5.74, 6) is 0.793. The van der Waals surface area contributed by atoms with Crippen LogP contribution in [0.2, 0.25) is 10.3 Å². The van der Waals surface area contributed by atoms with Gasteiger partial charge in [-0.15, -0.1) is 0 Å². The fraction of sp³-hybridized carbons (Fsp3) is 0.100. The molecule has 3 nitrogen and oxygen atoms in total. The molecule has 0 aliphatic carbocycles. The van der Waals surface area contributed by atoms with E-state index < -0.39 is 0 Å². The molecule has 1 aromatic heterocycles. The lowest BCUT2D eigenvalue weighted by Gasteiger charge is -2.04. The molecule has 1 aromatic carbocycles. The minimum Gasteiger partial charge on any atom is -0.497 e. The first-order valence-electron chi connectivity index (χ1n) is 4.25. The van der Waals surface area contributed by atoms with Crippen LogP contribution >= 0.6 is 23.2 Å². The maximum absolute atomic E-state index is 5.95. The molecule has 1 heterocycles. The second-order valence-electron chi connectivity index (χ2n) is 2.89. The van der Waals surface area contributed by atoms with Crippen LogP contribution in [0.3, 0.4) is 0 Å². The van der Waals surface area contributed by atoms with E-state index in [0.717, 1.165) is 11.4 Å². The van der Waals surface area contributed by atoms with Crippen LogP contribution in [-0.2, 0) is 0 Å². The summed E-state index contributed by atoms with van der Waals surface area (Å²) in [6.07, 6.45) is 1.58. The highest BCUT2D eigenvalue weighted by molar-refractivity contribution is 6.40. The smallest absolute Gasteiger partial charge is 0.166 e. The minimum atomic E-state index is 0.299. The second-order valence-corrected chi connectivity index (χ2v) is 3.61. The molecule has 0 bridgehead atoms. The molecule has 0 aliphatic heterocycles. The fourth-order valence-electron chi connectivity index (χ4n) is 1.23. The molecule has 0 saturated carbocycles. The number of aromatic nitrogens is 2. The Morgan fingerprint density at radius 3 is 2.33 bits per heavy atom. The molecule has 78 valence electrons. The summed E-state index contributed by atoms with van der Waals surface area (Å²) in [6, 6.07) is 7.45. The lowest BCUT2D eigenvalue weighted by Crippen LogP contribution is -1.92. The van der Waals surface area contributed by atoms with Gasteiger partial charge in [0.15, 0.2) is 10.3 Å². The van der Waals surface area contributed by atoms with Crippen molar-refractivity contribution in [1.82, 2.24) is 9.55 Å². The number of rotatable bonds is 2. The Hall–Kier alpha value is -1.19. The van der Waals surface area contributed by atoms with Gasteiger partial charge < -0.3 is 4.74 Å². The number of hydrogen-bond donors (Lipinski definition) is 0. The van der Waals surface area contributed by atoms with Gasteiger partial charge in [0.05, 0.1) is 7.11 Å². The Kier molecular flexibility index (Phi) is 2.84. The van der Waals surface area contributed by atoms with Crippen molar-refractivity contribution in [2.24, 2.45) is 0 Å². The van der Waals surface area contributed by atoms with E-state index in [1.165, 1.54) is 0 Å². The summed E-state index contributed by atoms with van der Waals surface area (Å²) < 4.78 is 6.75. The van der Waals surface area contributed by atoms with Crippen molar-refractivity contribution >= 4 is 23.2 Å². The van der Waals surface area contributed by atoms with E-state index in [9.17, 15) is 0 Å². The summed E-state index contributed by atoms with van der Waals surface area (Å²) in [5, 5.41) is 0.703. The molecule has 2 aromatic rings. The van der Waals surface area contributed by atoms with Crippen molar-refractivity contribution in [3.8, 4) is 11.4 Å². The largest absolute Gasteiger partial charge is 0.497 e. The van der Waals surface area contributed by atoms with Crippen LogP contribution in [0.5, 0.6) is 5.75 Å². The molecule has 0 unspecified atom stereocenters. The van der Waals surface area contributed by atoms with E-state index in [2.05, 4.69) is 4.98 Å². The van der Waals surface area contributed by atoms with Crippen LogP contribution in [0.1, 0.15) is 0 Å². The van der Waals surface area contributed by atoms with E-state index in [1.807, 2.05) is 24.3 Å². The van der Waals surface area contributed by atoms with Gasteiger partial charge in [-0.3, -0.25) is 4.57 Å². The van der Waals surface area contributed by atoms with Crippen molar-refractivity contribution in [3.05, 3.63) is 40.9 Å². The predicted molar refractivity (Wildman–Crippen MR) is 60.1 cm³/mol. The van der Waals surface area contributed by atoms with E-state index in [0.29, 0.717) is 10.3 Å². The normalized spacial score (nSPS) is 10.3. The van der Waals surface area contributed by atoms with E-state index in [1.54, 1.807) is 18.0 Å². The summed E-state index contributed by atoms with van der Waals surface area (Å²) in [5.41, 5.74) is 0.889. The van der Waals surface area contributed by atoms with Crippen LogP contribution in [0.15, 0.2) is 30.6 Å². The Morgan fingerprint density at radius 1 is 1.20 bits per heavy atom. The van der Waals surface area contributed by atoms with Crippen molar-refractivity contribution in [3.63, 3.8) is 0 Å². The molecule has 5 heteroatoms. The highest BCUT2D eigenvalue weighted by atomic mass is 35.5. The van der Waals surface area contributed by atoms with Crippen molar-refractivity contribution in [2.75, 3.05) is 7.11 Å². The molecule has 2 rings (SSSR count). The Labute approximate surface area is 97.2 Å². The highest BCUT2D eigenvalue weighted by Crippen LogP contribution is 2.24. The SMILES string of the molecule is COc1ccc(-n2cnc(Cl)c2Cl)cc1. The molecule has 0 amide bonds. The number of benzene rings is 1. The number of nitrogens with zero attached hydrogens (tertiary/aromatic N) is 2. The van der Waals surface area contributed by atoms with Gasteiger partial charge in [0, 0.05) is 5.69 Å². The van der Waals surface area contributed by atoms with E-state index in [-0.39, 0.29) is 0 Å². The Balaban J connectivity index is 2.41. The third-order valence-electron chi connectivity index (χ3n) is 2.02. The Morgan fingerprint density at radius 2 is 1.87 bits per heavy atom. The molecular formula is C10H8Cl2N2O. The van der Waals surface area contributed by atoms with Gasteiger partial charge in [0.2, 0.25) is 0 Å². The number of hydrogen-bond acceptors (Lipinski definition) is 2. The van der Waals surface area contributed by atoms with Crippen LogP contribution in [0, 0.1) is 0 Å². The number of methoxy groups -OCH3 is 1. The van der Waals surface area contributed by atoms with Crippen molar-refractivity contribution in [2.45, 2.75) is 0 Å². The molecule has 0 atom stereocenters. The van der Waals surface area contributed by atoms with Gasteiger partial charge in [0.1, 0.15) is 12.1 Å². The molecule has 0 saturated heterocycles. The molecule has 0 radical (unpaired) electrons. The molecule has 0 spiro atoms. The summed E-state index contributed by atoms with van der Waals surface area (Å²) in [4.78, 5) is 3.90. The predicted octanol–water partition coefficient (Wildman–Crippen LogP) is 3.19. The average Bonchev–Trinajstić information content (AvgIpc) is 2.60. The highest BCUT2D eigenvalue weighted by Gasteiger charge is 2.07. The number of ether oxygens (including phenoxy) is 1. The maximum atomic E-state index is 5.95. The molecule has 15 heavy (non-hydrogen) atoms. The molecular weight excluding hydrogens is 235 g/mol. The first-order valence-corrected chi connectivity index (χ1v) is 5.00. The standard InChI is InChI=1S/C10H8Cl2N2O/c1-15-8-4-2-7(3-5-8)14-6-13-9(11)10(14)12/h2-6H,1H3. The lowest BCUT2D eigenvalue weighted by molar-refractivity contribution is 0.415. The average molecular weight is 243 g/mol. The van der Waals surface area contributed by atoms with E-state index in [4.69, 9.17) is 27.9 Å². The van der Waals surface area contributed by atoms with Gasteiger partial charge in [-0.25, -0.2) is 4.98 Å². The first-order chi connectivity index (χ1) is 7.22. The third-order valence-corrected chi connectivity index (χ3v) is 2.75. The molecule has 0 N–H and O–H groups in total. The zero-order valence-electron chi connectivity index (χ0n) is 7.95. The molecule has 0 fully saturated rings. The van der Waals surface area contributed by atoms with Crippen LogP contribution in [0.25, 0.3) is 5.69 Å². The summed E-state index contributed by atoms with van der Waals surface area (Å²) in [7, 11) is 1.62. The number of halogens is 2. The van der Waals surface area contributed by atoms with Crippen LogP contribution in [0.4, 0.5) is 0 Å². The third kappa shape index (κ3) is 1.94. The molecule has 0 aliphatic rings. The number of imidazole rings is 1. The van der Waals surface area contributed by atoms with Crippen molar-refractivity contribution in [1.29, 1.82) is 0 Å². The lowest BCUT2D eigenvalue weighted by atomic mass is 10.3. The van der Waals surface area contributed by atoms with Crippen LogP contribution in [-0.4, -0.2) is 16.7 Å². The fourth-order valence-corrected chi connectivity index (χ4v) is 1.56.